The molecule has 2 aromatic carbocycles. The van der Waals surface area contributed by atoms with Gasteiger partial charge in [-0.3, -0.25) is 4.79 Å². The van der Waals surface area contributed by atoms with Crippen LogP contribution in [-0.4, -0.2) is 25.7 Å². The molecule has 0 radical (unpaired) electrons. The largest absolute Gasteiger partial charge is 0.508 e. The number of nitrogens with one attached hydrogen (secondary N) is 1. The monoisotopic (exact) mass is 438 g/mol. The van der Waals surface area contributed by atoms with Gasteiger partial charge in [-0.1, -0.05) is 65.8 Å². The maximum atomic E-state index is 12.8. The first-order valence-electron chi connectivity index (χ1n) is 9.72. The Hall–Kier alpha value is -2.77. The second-order valence-corrected chi connectivity index (χ2v) is 8.66. The van der Waals surface area contributed by atoms with Gasteiger partial charge in [0, 0.05) is 28.5 Å². The van der Waals surface area contributed by atoms with Crippen molar-refractivity contribution in [1.29, 1.82) is 0 Å². The van der Waals surface area contributed by atoms with E-state index in [-0.39, 0.29) is 11.5 Å². The van der Waals surface area contributed by atoms with Crippen molar-refractivity contribution in [3.05, 3.63) is 76.5 Å². The molecule has 1 aromatic heterocycles. The van der Waals surface area contributed by atoms with E-state index in [1.807, 2.05) is 42.5 Å². The number of aromatic nitrogens is 3. The molecule has 2 N–H and O–H groups in total. The van der Waals surface area contributed by atoms with Gasteiger partial charge in [-0.15, -0.1) is 5.10 Å². The highest BCUT2D eigenvalue weighted by molar-refractivity contribution is 7.98. The molecular weight excluding hydrogens is 420 g/mol. The molecule has 2 atom stereocenters. The number of carbonyl (C=O) groups excluding carboxylic acids is 1. The highest BCUT2D eigenvalue weighted by Crippen LogP contribution is 2.44. The van der Waals surface area contributed by atoms with Crippen LogP contribution in [-0.2, 0) is 10.5 Å². The average Bonchev–Trinajstić information content (AvgIpc) is 3.15. The van der Waals surface area contributed by atoms with Gasteiger partial charge in [0.1, 0.15) is 11.5 Å². The highest BCUT2D eigenvalue weighted by atomic mass is 35.5. The number of ketones is 1. The zero-order valence-corrected chi connectivity index (χ0v) is 17.5. The number of thioether (sulfide) groups is 1. The molecule has 2 heterocycles. The summed E-state index contributed by atoms with van der Waals surface area (Å²) < 4.78 is 1.73. The third-order valence-electron chi connectivity index (χ3n) is 5.45. The third-order valence-corrected chi connectivity index (χ3v) is 6.71. The smallest absolute Gasteiger partial charge is 0.227 e. The first-order chi connectivity index (χ1) is 14.6. The standard InChI is InChI=1S/C22H19ClN4O2S/c23-15-8-3-1-6-13(15)12-30-22-25-21-24-16-9-5-11-18(29)19(16)20(27(21)26-22)14-7-2-4-10-17(14)28/h1-4,6-10,19-20,28H,5,11-12H2,(H,24,25,26)/t19-,20-/m0/s1. The molecule has 2 aliphatic rings. The van der Waals surface area contributed by atoms with Gasteiger partial charge in [-0.2, -0.15) is 4.98 Å². The Morgan fingerprint density at radius 1 is 1.20 bits per heavy atom. The summed E-state index contributed by atoms with van der Waals surface area (Å²) in [6, 6.07) is 14.4. The SMILES string of the molecule is O=C1CCC=C2Nc3nc(SCc4ccccc4Cl)nn3[C@@H](c3ccccc3O)[C@H]12. The van der Waals surface area contributed by atoms with Crippen LogP contribution in [0.1, 0.15) is 30.0 Å². The lowest BCUT2D eigenvalue weighted by Crippen LogP contribution is -2.38. The van der Waals surface area contributed by atoms with Crippen molar-refractivity contribution >= 4 is 35.1 Å². The van der Waals surface area contributed by atoms with Crippen LogP contribution in [0.25, 0.3) is 0 Å². The Labute approximate surface area is 183 Å². The summed E-state index contributed by atoms with van der Waals surface area (Å²) in [4.78, 5) is 17.5. The predicted molar refractivity (Wildman–Crippen MR) is 117 cm³/mol. The minimum absolute atomic E-state index is 0.139. The number of hydrogen-bond acceptors (Lipinski definition) is 6. The van der Waals surface area contributed by atoms with Crippen LogP contribution in [0.4, 0.5) is 5.95 Å². The van der Waals surface area contributed by atoms with E-state index in [0.717, 1.165) is 11.3 Å². The number of rotatable bonds is 4. The number of carbonyl (C=O) groups is 1. The molecule has 0 bridgehead atoms. The summed E-state index contributed by atoms with van der Waals surface area (Å²) in [5.41, 5.74) is 2.51. The Balaban J connectivity index is 1.53. The molecule has 5 rings (SSSR count). The van der Waals surface area contributed by atoms with E-state index in [0.29, 0.717) is 40.3 Å². The molecule has 1 aliphatic carbocycles. The number of Topliss-reactive ketones (excluding diaryl/α,β-unsaturated/α-hetero) is 1. The predicted octanol–water partition coefficient (Wildman–Crippen LogP) is 4.81. The van der Waals surface area contributed by atoms with Crippen molar-refractivity contribution in [2.75, 3.05) is 5.32 Å². The lowest BCUT2D eigenvalue weighted by atomic mass is 9.80. The summed E-state index contributed by atoms with van der Waals surface area (Å²) in [6.07, 6.45) is 3.24. The number of allylic oxidation sites excluding steroid dienone is 2. The topological polar surface area (TPSA) is 80.0 Å². The molecule has 0 amide bonds. The van der Waals surface area contributed by atoms with Crippen LogP contribution in [0.3, 0.4) is 0 Å². The second kappa shape index (κ2) is 7.81. The van der Waals surface area contributed by atoms with Crippen LogP contribution in [0.5, 0.6) is 5.75 Å². The average molecular weight is 439 g/mol. The summed E-state index contributed by atoms with van der Waals surface area (Å²) in [5.74, 6) is 1.08. The number of aromatic hydroxyl groups is 1. The molecular formula is C22H19ClN4O2S. The number of anilines is 1. The van der Waals surface area contributed by atoms with Gasteiger partial charge in [-0.05, 0) is 24.1 Å². The van der Waals surface area contributed by atoms with Gasteiger partial charge in [0.15, 0.2) is 0 Å². The van der Waals surface area contributed by atoms with E-state index < -0.39 is 12.0 Å². The lowest BCUT2D eigenvalue weighted by Gasteiger charge is -2.36. The lowest BCUT2D eigenvalue weighted by molar-refractivity contribution is -0.123. The molecule has 3 aromatic rings. The van der Waals surface area contributed by atoms with E-state index in [4.69, 9.17) is 16.7 Å². The number of benzene rings is 2. The normalized spacial score (nSPS) is 20.2. The van der Waals surface area contributed by atoms with Crippen LogP contribution in [0.2, 0.25) is 5.02 Å². The number of phenols is 1. The Morgan fingerprint density at radius 2 is 2.00 bits per heavy atom. The fourth-order valence-electron chi connectivity index (χ4n) is 4.02. The van der Waals surface area contributed by atoms with Crippen LogP contribution < -0.4 is 5.32 Å². The second-order valence-electron chi connectivity index (χ2n) is 7.31. The highest BCUT2D eigenvalue weighted by Gasteiger charge is 2.42. The summed E-state index contributed by atoms with van der Waals surface area (Å²) >= 11 is 7.75. The third kappa shape index (κ3) is 3.38. The number of phenolic OH excluding ortho intramolecular Hbond substituents is 1. The maximum absolute atomic E-state index is 12.8. The number of fused-ring (bicyclic) bond motifs is 2. The van der Waals surface area contributed by atoms with Crippen molar-refractivity contribution in [3.63, 3.8) is 0 Å². The zero-order valence-electron chi connectivity index (χ0n) is 16.0. The molecule has 0 fully saturated rings. The minimum Gasteiger partial charge on any atom is -0.508 e. The summed E-state index contributed by atoms with van der Waals surface area (Å²) in [5, 5.41) is 19.8. The van der Waals surface area contributed by atoms with Crippen LogP contribution in [0.15, 0.2) is 65.5 Å². The van der Waals surface area contributed by atoms with E-state index in [1.165, 1.54) is 11.8 Å². The molecule has 30 heavy (non-hydrogen) atoms. The molecule has 0 saturated carbocycles. The van der Waals surface area contributed by atoms with Crippen LogP contribution in [0, 0.1) is 5.92 Å². The molecule has 1 aliphatic heterocycles. The van der Waals surface area contributed by atoms with Crippen molar-refractivity contribution in [1.82, 2.24) is 14.8 Å². The van der Waals surface area contributed by atoms with Gasteiger partial charge >= 0.3 is 0 Å². The van der Waals surface area contributed by atoms with E-state index in [9.17, 15) is 9.90 Å². The number of para-hydroxylation sites is 1. The Bertz CT molecular complexity index is 1160. The first kappa shape index (κ1) is 19.2. The van der Waals surface area contributed by atoms with Crippen molar-refractivity contribution < 1.29 is 9.90 Å². The molecule has 6 nitrogen and oxygen atoms in total. The van der Waals surface area contributed by atoms with Gasteiger partial charge in [0.05, 0.1) is 12.0 Å². The summed E-state index contributed by atoms with van der Waals surface area (Å²) in [7, 11) is 0. The Kier molecular flexibility index (Phi) is 5.00. The van der Waals surface area contributed by atoms with Crippen LogP contribution >= 0.6 is 23.4 Å². The van der Waals surface area contributed by atoms with Crippen molar-refractivity contribution in [2.45, 2.75) is 29.8 Å². The summed E-state index contributed by atoms with van der Waals surface area (Å²) in [6.45, 7) is 0. The Morgan fingerprint density at radius 3 is 2.83 bits per heavy atom. The van der Waals surface area contributed by atoms with E-state index >= 15 is 0 Å². The van der Waals surface area contributed by atoms with Gasteiger partial charge in [-0.25, -0.2) is 4.68 Å². The number of nitrogens with zero attached hydrogens (tertiary/aromatic N) is 3. The molecule has 0 spiro atoms. The fourth-order valence-corrected chi connectivity index (χ4v) is 5.14. The number of hydrogen-bond donors (Lipinski definition) is 2. The van der Waals surface area contributed by atoms with Gasteiger partial charge < -0.3 is 10.4 Å². The van der Waals surface area contributed by atoms with Crippen molar-refractivity contribution in [2.24, 2.45) is 5.92 Å². The fraction of sp³-hybridized carbons (Fsp3) is 0.227. The van der Waals surface area contributed by atoms with E-state index in [1.54, 1.807) is 16.8 Å². The quantitative estimate of drug-likeness (QED) is 0.569. The molecule has 8 heteroatoms. The molecule has 0 unspecified atom stereocenters. The van der Waals surface area contributed by atoms with Gasteiger partial charge in [0.25, 0.3) is 0 Å². The van der Waals surface area contributed by atoms with Gasteiger partial charge in [0.2, 0.25) is 11.1 Å². The minimum atomic E-state index is -0.441. The van der Waals surface area contributed by atoms with E-state index in [2.05, 4.69) is 10.3 Å². The number of halogens is 1. The maximum Gasteiger partial charge on any atom is 0.227 e. The van der Waals surface area contributed by atoms with Crippen molar-refractivity contribution in [3.8, 4) is 5.75 Å². The zero-order chi connectivity index (χ0) is 20.7. The molecule has 0 saturated heterocycles. The first-order valence-corrected chi connectivity index (χ1v) is 11.1. The molecule has 152 valence electrons.